The van der Waals surface area contributed by atoms with Crippen molar-refractivity contribution >= 4 is 10.0 Å². The zero-order valence-corrected chi connectivity index (χ0v) is 21.0. The number of hydrogen-bond acceptors (Lipinski definition) is 5. The summed E-state index contributed by atoms with van der Waals surface area (Å²) in [5.41, 5.74) is 2.73. The second kappa shape index (κ2) is 9.54. The van der Waals surface area contributed by atoms with Crippen molar-refractivity contribution in [3.63, 3.8) is 0 Å². The number of rotatable bonds is 9. The van der Waals surface area contributed by atoms with Crippen LogP contribution in [0.25, 0.3) is 11.3 Å². The van der Waals surface area contributed by atoms with Crippen molar-refractivity contribution in [2.24, 2.45) is 7.05 Å². The first-order chi connectivity index (χ1) is 15.0. The molecule has 176 valence electrons. The molecule has 0 aliphatic heterocycles. The summed E-state index contributed by atoms with van der Waals surface area (Å²) in [5.74, 6) is 2.40. The quantitative estimate of drug-likeness (QED) is 0.493. The largest absolute Gasteiger partial charge is 0.485 e. The average molecular weight is 462 g/mol. The van der Waals surface area contributed by atoms with E-state index in [0.717, 1.165) is 34.9 Å². The van der Waals surface area contributed by atoms with Crippen LogP contribution in [0.4, 0.5) is 0 Å². The maximum Gasteiger partial charge on any atom is 0.343 e. The molecule has 0 saturated carbocycles. The number of H-pyrrole nitrogens is 1. The lowest BCUT2D eigenvalue weighted by Crippen LogP contribution is -2.17. The summed E-state index contributed by atoms with van der Waals surface area (Å²) in [6, 6.07) is 6.15. The van der Waals surface area contributed by atoms with Crippen LogP contribution < -0.4 is 10.4 Å². The number of ether oxygens (including phenoxy) is 2. The zero-order chi connectivity index (χ0) is 23.5. The molecular weight excluding hydrogens is 426 g/mol. The first-order valence-electron chi connectivity index (χ1n) is 10.6. The predicted octanol–water partition coefficient (Wildman–Crippen LogP) is 3.52. The Labute approximate surface area is 191 Å². The van der Waals surface area contributed by atoms with E-state index in [1.165, 1.54) is 4.57 Å². The third-order valence-electron chi connectivity index (χ3n) is 5.20. The summed E-state index contributed by atoms with van der Waals surface area (Å²) in [5, 5.41) is 6.46. The molecule has 0 saturated heterocycles. The number of nitrogens with zero attached hydrogens (tertiary/aromatic N) is 4. The molecule has 1 aromatic carbocycles. The molecule has 1 N–H and O–H groups in total. The van der Waals surface area contributed by atoms with Gasteiger partial charge < -0.3 is 14.0 Å². The molecule has 0 fully saturated rings. The molecule has 0 radical (unpaired) electrons. The molecule has 8 nitrogen and oxygen atoms in total. The first kappa shape index (κ1) is 24.1. The summed E-state index contributed by atoms with van der Waals surface area (Å²) in [6.45, 7) is 7.88. The highest BCUT2D eigenvalue weighted by Gasteiger charge is 2.21. The van der Waals surface area contributed by atoms with Gasteiger partial charge in [-0.1, -0.05) is 20.8 Å². The van der Waals surface area contributed by atoms with Crippen LogP contribution in [0, 0.1) is 0 Å². The molecule has 9 heteroatoms. The van der Waals surface area contributed by atoms with E-state index in [1.807, 2.05) is 22.9 Å². The van der Waals surface area contributed by atoms with Crippen LogP contribution in [0.1, 0.15) is 32.2 Å². The third kappa shape index (κ3) is 6.04. The van der Waals surface area contributed by atoms with Gasteiger partial charge in [-0.25, -0.2) is 24.9 Å². The van der Waals surface area contributed by atoms with Gasteiger partial charge in [0.05, 0.1) is 24.8 Å². The predicted molar refractivity (Wildman–Crippen MR) is 131 cm³/mol. The monoisotopic (exact) mass is 461 g/mol. The highest BCUT2D eigenvalue weighted by Crippen LogP contribution is 2.36. The maximum absolute atomic E-state index is 11.6. The van der Waals surface area contributed by atoms with Gasteiger partial charge in [-0.3, -0.25) is 4.57 Å². The average Bonchev–Trinajstić information content (AvgIpc) is 3.29. The van der Waals surface area contributed by atoms with Gasteiger partial charge in [0.2, 0.25) is 0 Å². The summed E-state index contributed by atoms with van der Waals surface area (Å²) >= 11 is 0. The zero-order valence-electron chi connectivity index (χ0n) is 20.1. The Balaban J connectivity index is 1.80. The molecule has 0 unspecified atom stereocenters. The lowest BCUT2D eigenvalue weighted by Gasteiger charge is -2.25. The van der Waals surface area contributed by atoms with Crippen molar-refractivity contribution in [2.75, 3.05) is 31.1 Å². The number of benzene rings is 1. The smallest absolute Gasteiger partial charge is 0.343 e. The van der Waals surface area contributed by atoms with Gasteiger partial charge in [-0.2, -0.15) is 5.10 Å². The minimum absolute atomic E-state index is 0.139. The third-order valence-corrected chi connectivity index (χ3v) is 6.59. The van der Waals surface area contributed by atoms with E-state index in [4.69, 9.17) is 9.47 Å². The first-order valence-corrected chi connectivity index (χ1v) is 13.6. The normalized spacial score (nSPS) is 12.8. The summed E-state index contributed by atoms with van der Waals surface area (Å²) in [4.78, 5) is 15.9. The highest BCUT2D eigenvalue weighted by molar-refractivity contribution is 8.32. The molecule has 0 amide bonds. The molecule has 0 bridgehead atoms. The van der Waals surface area contributed by atoms with E-state index >= 15 is 0 Å². The number of nitrogens with one attached hydrogen (secondary N) is 1. The number of hydrogen-bond donors (Lipinski definition) is 1. The molecule has 2 heterocycles. The summed E-state index contributed by atoms with van der Waals surface area (Å²) in [7, 11) is 1.10. The fourth-order valence-electron chi connectivity index (χ4n) is 3.19. The molecular formula is C23H35N5O3S. The fourth-order valence-corrected chi connectivity index (χ4v) is 3.81. The number of aromatic nitrogens is 5. The molecule has 3 rings (SSSR count). The Kier molecular flexibility index (Phi) is 7.19. The Hall–Kier alpha value is -2.52. The van der Waals surface area contributed by atoms with Gasteiger partial charge in [-0.05, 0) is 42.4 Å². The van der Waals surface area contributed by atoms with E-state index < -0.39 is 10.0 Å². The van der Waals surface area contributed by atoms with Gasteiger partial charge in [0.15, 0.2) is 5.82 Å². The molecule has 0 aliphatic rings. The Morgan fingerprint density at radius 3 is 2.56 bits per heavy atom. The van der Waals surface area contributed by atoms with Crippen LogP contribution in [-0.4, -0.2) is 55.4 Å². The van der Waals surface area contributed by atoms with E-state index in [1.54, 1.807) is 13.4 Å². The van der Waals surface area contributed by atoms with Crippen LogP contribution in [0.5, 0.6) is 5.75 Å². The van der Waals surface area contributed by atoms with Crippen molar-refractivity contribution in [1.29, 1.82) is 0 Å². The molecule has 0 aliphatic carbocycles. The Morgan fingerprint density at radius 2 is 1.94 bits per heavy atom. The maximum atomic E-state index is 11.6. The molecule has 3 aromatic rings. The second-order valence-electron chi connectivity index (χ2n) is 9.83. The van der Waals surface area contributed by atoms with Gasteiger partial charge in [0.25, 0.3) is 0 Å². The van der Waals surface area contributed by atoms with Crippen molar-refractivity contribution in [2.45, 2.75) is 39.5 Å². The fraction of sp³-hybridized carbons (Fsp3) is 0.522. The topological polar surface area (TPSA) is 87.0 Å². The summed E-state index contributed by atoms with van der Waals surface area (Å²) in [6.07, 6.45) is 10.5. The Morgan fingerprint density at radius 1 is 1.19 bits per heavy atom. The van der Waals surface area contributed by atoms with Gasteiger partial charge in [0.1, 0.15) is 19.1 Å². The lowest BCUT2D eigenvalue weighted by molar-refractivity contribution is 0.0906. The molecule has 0 atom stereocenters. The number of aromatic amines is 1. The lowest BCUT2D eigenvalue weighted by atomic mass is 9.85. The van der Waals surface area contributed by atoms with E-state index in [0.29, 0.717) is 12.6 Å². The van der Waals surface area contributed by atoms with Gasteiger partial charge >= 0.3 is 5.69 Å². The van der Waals surface area contributed by atoms with Crippen LogP contribution in [-0.2, 0) is 30.5 Å². The standard InChI is InChI=1S/C23H35N5O3S/c1-23(2,3)18-12-17(8-9-20(18)31-14-21-25-26-22(29)27(21)4)19-13-24-15-28(19)16-30-10-11-32(5,6)7/h8-9,12-13,15H,10-11,14,16H2,1-7H3,(H,26,29). The van der Waals surface area contributed by atoms with Crippen LogP contribution >= 0.6 is 10.0 Å². The molecule has 2 aromatic heterocycles. The summed E-state index contributed by atoms with van der Waals surface area (Å²) < 4.78 is 15.5. The molecule has 0 spiro atoms. The van der Waals surface area contributed by atoms with Crippen LogP contribution in [0.15, 0.2) is 35.5 Å². The van der Waals surface area contributed by atoms with E-state index in [2.05, 4.69) is 60.8 Å². The van der Waals surface area contributed by atoms with E-state index in [9.17, 15) is 4.79 Å². The van der Waals surface area contributed by atoms with Crippen molar-refractivity contribution in [3.05, 3.63) is 52.6 Å². The number of imidazole rings is 1. The van der Waals surface area contributed by atoms with Crippen LogP contribution in [0.3, 0.4) is 0 Å². The van der Waals surface area contributed by atoms with E-state index in [-0.39, 0.29) is 17.7 Å². The minimum Gasteiger partial charge on any atom is -0.485 e. The SMILES string of the molecule is Cn1c(COc2ccc(-c3cncn3COCCS(C)(C)C)cc2C(C)(C)C)n[nH]c1=O. The van der Waals surface area contributed by atoms with Crippen LogP contribution in [0.2, 0.25) is 0 Å². The second-order valence-corrected chi connectivity index (χ2v) is 14.4. The van der Waals surface area contributed by atoms with Crippen molar-refractivity contribution in [1.82, 2.24) is 24.3 Å². The highest BCUT2D eigenvalue weighted by atomic mass is 32.3. The minimum atomic E-state index is -0.570. The van der Waals surface area contributed by atoms with Gasteiger partial charge in [-0.15, -0.1) is 0 Å². The van der Waals surface area contributed by atoms with Crippen molar-refractivity contribution < 1.29 is 9.47 Å². The molecule has 32 heavy (non-hydrogen) atoms. The Bertz CT molecular complexity index is 1100. The van der Waals surface area contributed by atoms with Gasteiger partial charge in [0, 0.05) is 23.9 Å². The van der Waals surface area contributed by atoms with Crippen molar-refractivity contribution in [3.8, 4) is 17.0 Å².